The Bertz CT molecular complexity index is 1230. The monoisotopic (exact) mass is 546 g/mol. The van der Waals surface area contributed by atoms with Gasteiger partial charge < -0.3 is 14.6 Å². The van der Waals surface area contributed by atoms with Gasteiger partial charge in [0.25, 0.3) is 5.91 Å². The van der Waals surface area contributed by atoms with Crippen molar-refractivity contribution in [2.75, 3.05) is 13.1 Å². The molecule has 36 heavy (non-hydrogen) atoms. The van der Waals surface area contributed by atoms with Gasteiger partial charge in [-0.1, -0.05) is 23.2 Å². The van der Waals surface area contributed by atoms with E-state index in [1.807, 2.05) is 0 Å². The Kier molecular flexibility index (Phi) is 7.44. The Hall–Kier alpha value is -2.52. The van der Waals surface area contributed by atoms with Crippen LogP contribution in [0.25, 0.3) is 6.08 Å². The van der Waals surface area contributed by atoms with Gasteiger partial charge in [0.2, 0.25) is 0 Å². The quantitative estimate of drug-likeness (QED) is 0.429. The van der Waals surface area contributed by atoms with Crippen molar-refractivity contribution in [3.63, 3.8) is 0 Å². The molecular formula is C25H24Cl2F4N2O3. The average Bonchev–Trinajstić information content (AvgIpc) is 3.12. The van der Waals surface area contributed by atoms with Gasteiger partial charge in [0.15, 0.2) is 0 Å². The molecule has 5 nitrogen and oxygen atoms in total. The second-order valence-corrected chi connectivity index (χ2v) is 10.1. The van der Waals surface area contributed by atoms with E-state index >= 15 is 0 Å². The molecule has 1 aromatic heterocycles. The van der Waals surface area contributed by atoms with E-state index < -0.39 is 30.3 Å². The van der Waals surface area contributed by atoms with Crippen molar-refractivity contribution in [2.24, 2.45) is 13.0 Å². The van der Waals surface area contributed by atoms with Crippen LogP contribution in [0.4, 0.5) is 17.6 Å². The molecule has 2 aliphatic rings. The van der Waals surface area contributed by atoms with Gasteiger partial charge in [-0.05, 0) is 48.6 Å². The molecule has 0 saturated carbocycles. The number of halogens is 6. The predicted molar refractivity (Wildman–Crippen MR) is 128 cm³/mol. The van der Waals surface area contributed by atoms with Gasteiger partial charge in [-0.2, -0.15) is 13.2 Å². The SMILES string of the molecule is Cn1c(Cc2c(Cl)ccc(C(=O)N3CCC(CC(=O)O)CC3)c2Cl)cc2c1C=C(C(F)(F)F)CC2F. The van der Waals surface area contributed by atoms with Crippen molar-refractivity contribution in [3.05, 3.63) is 61.9 Å². The second-order valence-electron chi connectivity index (χ2n) is 9.27. The molecule has 194 valence electrons. The van der Waals surface area contributed by atoms with Gasteiger partial charge in [-0.3, -0.25) is 9.59 Å². The number of alkyl halides is 4. The van der Waals surface area contributed by atoms with E-state index in [0.717, 1.165) is 6.08 Å². The maximum atomic E-state index is 14.6. The summed E-state index contributed by atoms with van der Waals surface area (Å²) >= 11 is 13.0. The molecule has 1 saturated heterocycles. The van der Waals surface area contributed by atoms with Crippen LogP contribution in [0.1, 0.15) is 64.7 Å². The number of rotatable bonds is 5. The second kappa shape index (κ2) is 10.1. The molecule has 1 N–H and O–H groups in total. The summed E-state index contributed by atoms with van der Waals surface area (Å²) in [5.41, 5.74) is 0.535. The van der Waals surface area contributed by atoms with Crippen LogP contribution in [0.15, 0.2) is 23.8 Å². The molecule has 1 fully saturated rings. The molecule has 0 bridgehead atoms. The van der Waals surface area contributed by atoms with Crippen molar-refractivity contribution >= 4 is 41.2 Å². The Morgan fingerprint density at radius 3 is 2.44 bits per heavy atom. The maximum Gasteiger partial charge on any atom is 0.412 e. The predicted octanol–water partition coefficient (Wildman–Crippen LogP) is 6.61. The van der Waals surface area contributed by atoms with Gasteiger partial charge in [0.05, 0.1) is 10.6 Å². The smallest absolute Gasteiger partial charge is 0.412 e. The molecule has 2 heterocycles. The van der Waals surface area contributed by atoms with E-state index in [-0.39, 0.29) is 51.5 Å². The van der Waals surface area contributed by atoms with Crippen LogP contribution in [0.5, 0.6) is 0 Å². The zero-order valence-electron chi connectivity index (χ0n) is 19.3. The molecule has 1 unspecified atom stereocenters. The Morgan fingerprint density at radius 1 is 1.17 bits per heavy atom. The van der Waals surface area contributed by atoms with Crippen LogP contribution in [0, 0.1) is 5.92 Å². The summed E-state index contributed by atoms with van der Waals surface area (Å²) in [5, 5.41) is 9.39. The number of nitrogens with zero attached hydrogens (tertiary/aromatic N) is 2. The summed E-state index contributed by atoms with van der Waals surface area (Å²) in [6, 6.07) is 4.57. The average molecular weight is 547 g/mol. The van der Waals surface area contributed by atoms with Crippen molar-refractivity contribution in [1.82, 2.24) is 9.47 Å². The molecule has 1 aromatic carbocycles. The van der Waals surface area contributed by atoms with Crippen LogP contribution in [-0.2, 0) is 18.3 Å². The standard InChI is InChI=1S/C25H24Cl2F4N2O3/c1-32-15(12-18-20(28)9-14(10-21(18)32)25(29,30)31)11-17-19(26)3-2-16(23(17)27)24(36)33-6-4-13(5-7-33)8-22(34)35/h2-3,10,12-13,20H,4-9,11H2,1H3,(H,34,35). The largest absolute Gasteiger partial charge is 0.481 e. The normalized spacial score (nSPS) is 18.7. The van der Waals surface area contributed by atoms with E-state index in [0.29, 0.717) is 37.2 Å². The highest BCUT2D eigenvalue weighted by Crippen LogP contribution is 2.43. The zero-order valence-corrected chi connectivity index (χ0v) is 20.9. The van der Waals surface area contributed by atoms with Gasteiger partial charge in [-0.15, -0.1) is 0 Å². The van der Waals surface area contributed by atoms with Crippen LogP contribution in [-0.4, -0.2) is 45.7 Å². The topological polar surface area (TPSA) is 62.5 Å². The third kappa shape index (κ3) is 5.27. The molecule has 0 spiro atoms. The molecule has 1 atom stereocenters. The highest BCUT2D eigenvalue weighted by Gasteiger charge is 2.39. The van der Waals surface area contributed by atoms with E-state index in [2.05, 4.69) is 0 Å². The van der Waals surface area contributed by atoms with Crippen LogP contribution in [0.3, 0.4) is 0 Å². The Morgan fingerprint density at radius 2 is 1.83 bits per heavy atom. The Labute approximate surface area is 215 Å². The van der Waals surface area contributed by atoms with Crippen molar-refractivity contribution in [2.45, 2.75) is 44.5 Å². The summed E-state index contributed by atoms with van der Waals surface area (Å²) < 4.78 is 55.7. The summed E-state index contributed by atoms with van der Waals surface area (Å²) in [6.45, 7) is 0.808. The summed E-state index contributed by atoms with van der Waals surface area (Å²) in [7, 11) is 1.55. The van der Waals surface area contributed by atoms with Gasteiger partial charge in [0, 0.05) is 66.9 Å². The van der Waals surface area contributed by atoms with E-state index in [1.54, 1.807) is 11.9 Å². The molecule has 0 radical (unpaired) electrons. The summed E-state index contributed by atoms with van der Waals surface area (Å²) in [4.78, 5) is 25.7. The highest BCUT2D eigenvalue weighted by molar-refractivity contribution is 6.38. The fourth-order valence-corrected chi connectivity index (χ4v) is 5.47. The lowest BCUT2D eigenvalue weighted by Crippen LogP contribution is -2.39. The molecule has 1 aliphatic heterocycles. The number of likely N-dealkylation sites (tertiary alicyclic amines) is 1. The Balaban J connectivity index is 1.59. The van der Waals surface area contributed by atoms with E-state index in [1.165, 1.54) is 22.8 Å². The lowest BCUT2D eigenvalue weighted by Gasteiger charge is -2.31. The first-order chi connectivity index (χ1) is 16.9. The number of aliphatic carboxylic acids is 1. The number of allylic oxidation sites excluding steroid dienone is 1. The number of carboxylic acids is 1. The number of hydrogen-bond acceptors (Lipinski definition) is 2. The number of carboxylic acid groups (broad SMARTS) is 1. The number of amides is 1. The lowest BCUT2D eigenvalue weighted by atomic mass is 9.93. The third-order valence-corrected chi connectivity index (χ3v) is 7.75. The lowest BCUT2D eigenvalue weighted by molar-refractivity contribution is -0.138. The number of carbonyl (C=O) groups is 2. The molecule has 1 amide bonds. The minimum atomic E-state index is -4.62. The number of piperidine rings is 1. The number of hydrogen-bond donors (Lipinski definition) is 1. The summed E-state index contributed by atoms with van der Waals surface area (Å²) in [5.74, 6) is -1.16. The zero-order chi connectivity index (χ0) is 26.4. The van der Waals surface area contributed by atoms with Crippen molar-refractivity contribution in [1.29, 1.82) is 0 Å². The number of carbonyl (C=O) groups excluding carboxylic acids is 1. The first kappa shape index (κ1) is 26.5. The van der Waals surface area contributed by atoms with Gasteiger partial charge in [-0.25, -0.2) is 4.39 Å². The number of benzene rings is 1. The highest BCUT2D eigenvalue weighted by atomic mass is 35.5. The molecule has 1 aliphatic carbocycles. The molecule has 4 rings (SSSR count). The summed E-state index contributed by atoms with van der Waals surface area (Å²) in [6.07, 6.45) is -4.88. The van der Waals surface area contributed by atoms with Crippen molar-refractivity contribution in [3.8, 4) is 0 Å². The molecular weight excluding hydrogens is 523 g/mol. The van der Waals surface area contributed by atoms with E-state index in [4.69, 9.17) is 28.3 Å². The fourth-order valence-electron chi connectivity index (χ4n) is 4.89. The van der Waals surface area contributed by atoms with E-state index in [9.17, 15) is 27.2 Å². The number of fused-ring (bicyclic) bond motifs is 1. The van der Waals surface area contributed by atoms with Crippen LogP contribution in [0.2, 0.25) is 10.0 Å². The van der Waals surface area contributed by atoms with Crippen molar-refractivity contribution < 1.29 is 32.3 Å². The minimum Gasteiger partial charge on any atom is -0.481 e. The van der Waals surface area contributed by atoms with Crippen LogP contribution >= 0.6 is 23.2 Å². The third-order valence-electron chi connectivity index (χ3n) is 6.96. The molecule has 11 heteroatoms. The minimum absolute atomic E-state index is 0.0115. The van der Waals surface area contributed by atoms with Gasteiger partial charge >= 0.3 is 12.1 Å². The maximum absolute atomic E-state index is 14.6. The molecule has 2 aromatic rings. The van der Waals surface area contributed by atoms with Gasteiger partial charge in [0.1, 0.15) is 6.17 Å². The number of aromatic nitrogens is 1. The first-order valence-corrected chi connectivity index (χ1v) is 12.2. The van der Waals surface area contributed by atoms with Crippen LogP contribution < -0.4 is 0 Å². The fraction of sp³-hybridized carbons (Fsp3) is 0.440. The first-order valence-electron chi connectivity index (χ1n) is 11.4.